The fourth-order valence-electron chi connectivity index (χ4n) is 5.54. The van der Waals surface area contributed by atoms with E-state index < -0.39 is 0 Å². The van der Waals surface area contributed by atoms with Gasteiger partial charge in [0.2, 0.25) is 5.95 Å². The largest absolute Gasteiger partial charge is 0.492 e. The number of nitrogens with zero attached hydrogens (tertiary/aromatic N) is 4. The van der Waals surface area contributed by atoms with Gasteiger partial charge in [0.25, 0.3) is 5.56 Å². The molecule has 2 aliphatic carbocycles. The molecule has 174 valence electrons. The molecule has 3 aromatic rings. The minimum Gasteiger partial charge on any atom is -0.492 e. The van der Waals surface area contributed by atoms with E-state index in [1.807, 2.05) is 34.9 Å². The molecule has 0 aliphatic heterocycles. The predicted molar refractivity (Wildman–Crippen MR) is 131 cm³/mol. The van der Waals surface area contributed by atoms with Crippen molar-refractivity contribution in [3.8, 4) is 5.75 Å². The maximum atomic E-state index is 12.8. The van der Waals surface area contributed by atoms with E-state index in [1.54, 1.807) is 12.3 Å². The van der Waals surface area contributed by atoms with Crippen molar-refractivity contribution in [3.63, 3.8) is 0 Å². The summed E-state index contributed by atoms with van der Waals surface area (Å²) in [5.41, 5.74) is 1.65. The van der Waals surface area contributed by atoms with Crippen LogP contribution >= 0.6 is 0 Å². The first-order chi connectivity index (χ1) is 16.1. The third-order valence-electron chi connectivity index (χ3n) is 7.38. The van der Waals surface area contributed by atoms with Gasteiger partial charge in [-0.05, 0) is 74.5 Å². The van der Waals surface area contributed by atoms with Crippen molar-refractivity contribution in [2.24, 2.45) is 11.8 Å². The quantitative estimate of drug-likeness (QED) is 0.516. The van der Waals surface area contributed by atoms with Crippen molar-refractivity contribution < 1.29 is 4.74 Å². The normalized spacial score (nSPS) is 21.7. The molecule has 3 atom stereocenters. The second-order valence-corrected chi connectivity index (χ2v) is 9.28. The lowest BCUT2D eigenvalue weighted by Crippen LogP contribution is -2.28. The van der Waals surface area contributed by atoms with Gasteiger partial charge >= 0.3 is 0 Å². The Morgan fingerprint density at radius 2 is 1.91 bits per heavy atom. The SMILES string of the molecule is CCN(CC)CCOc1ccc(Nc2ncc3ccc(=O)n([C@H]4C[C@H]5CC[C@H]4C5)c3n2)cc1. The first-order valence-corrected chi connectivity index (χ1v) is 12.2. The summed E-state index contributed by atoms with van der Waals surface area (Å²) in [7, 11) is 0. The van der Waals surface area contributed by atoms with Crippen LogP contribution in [0.3, 0.4) is 0 Å². The predicted octanol–water partition coefficient (Wildman–Crippen LogP) is 4.62. The van der Waals surface area contributed by atoms with Crippen LogP contribution in [-0.4, -0.2) is 45.7 Å². The zero-order valence-corrected chi connectivity index (χ0v) is 19.5. The Morgan fingerprint density at radius 3 is 2.61 bits per heavy atom. The lowest BCUT2D eigenvalue weighted by Gasteiger charge is -2.25. The summed E-state index contributed by atoms with van der Waals surface area (Å²) >= 11 is 0. The molecule has 2 aliphatic rings. The highest BCUT2D eigenvalue weighted by atomic mass is 16.5. The van der Waals surface area contributed by atoms with Crippen LogP contribution in [-0.2, 0) is 0 Å². The van der Waals surface area contributed by atoms with Crippen molar-refractivity contribution in [3.05, 3.63) is 52.9 Å². The summed E-state index contributed by atoms with van der Waals surface area (Å²) in [6.07, 6.45) is 6.66. The summed E-state index contributed by atoms with van der Waals surface area (Å²) in [6, 6.07) is 11.6. The van der Waals surface area contributed by atoms with Crippen LogP contribution in [0.25, 0.3) is 11.0 Å². The van der Waals surface area contributed by atoms with Crippen LogP contribution in [0.5, 0.6) is 5.75 Å². The summed E-state index contributed by atoms with van der Waals surface area (Å²) in [5.74, 6) is 2.70. The van der Waals surface area contributed by atoms with Gasteiger partial charge in [-0.1, -0.05) is 20.3 Å². The molecule has 0 unspecified atom stereocenters. The number of aromatic nitrogens is 3. The standard InChI is InChI=1S/C26H33N5O2/c1-3-30(4-2)13-14-33-22-10-8-21(9-11-22)28-26-27-17-20-7-12-24(32)31(25(20)29-26)23-16-18-5-6-19(23)15-18/h7-12,17-19,23H,3-6,13-16H2,1-2H3,(H,27,28,29)/t18-,19-,23-/m0/s1. The van der Waals surface area contributed by atoms with Crippen LogP contribution in [0.2, 0.25) is 0 Å². The van der Waals surface area contributed by atoms with Gasteiger partial charge in [0.05, 0.1) is 0 Å². The number of hydrogen-bond acceptors (Lipinski definition) is 6. The molecule has 0 saturated heterocycles. The van der Waals surface area contributed by atoms with Crippen molar-refractivity contribution in [1.29, 1.82) is 0 Å². The fraction of sp³-hybridized carbons (Fsp3) is 0.500. The molecule has 7 nitrogen and oxygen atoms in total. The highest BCUT2D eigenvalue weighted by Gasteiger charge is 2.41. The summed E-state index contributed by atoms with van der Waals surface area (Å²) in [5, 5.41) is 4.19. The maximum Gasteiger partial charge on any atom is 0.252 e. The van der Waals surface area contributed by atoms with Gasteiger partial charge in [-0.3, -0.25) is 9.36 Å². The average molecular weight is 448 g/mol. The van der Waals surface area contributed by atoms with E-state index >= 15 is 0 Å². The number of ether oxygens (including phenoxy) is 1. The van der Waals surface area contributed by atoms with Gasteiger partial charge in [-0.25, -0.2) is 4.98 Å². The molecule has 2 heterocycles. The number of pyridine rings is 1. The minimum atomic E-state index is 0.0379. The number of hydrogen-bond donors (Lipinski definition) is 1. The smallest absolute Gasteiger partial charge is 0.252 e. The van der Waals surface area contributed by atoms with Crippen LogP contribution < -0.4 is 15.6 Å². The zero-order valence-electron chi connectivity index (χ0n) is 19.5. The van der Waals surface area contributed by atoms with Gasteiger partial charge in [-0.2, -0.15) is 4.98 Å². The van der Waals surface area contributed by atoms with Gasteiger partial charge < -0.3 is 15.0 Å². The molecular formula is C26H33N5O2. The number of rotatable bonds is 9. The third-order valence-corrected chi connectivity index (χ3v) is 7.38. The second-order valence-electron chi connectivity index (χ2n) is 9.28. The molecule has 7 heteroatoms. The first-order valence-electron chi connectivity index (χ1n) is 12.2. The van der Waals surface area contributed by atoms with Crippen LogP contribution in [0.4, 0.5) is 11.6 Å². The zero-order chi connectivity index (χ0) is 22.8. The number of nitrogens with one attached hydrogen (secondary N) is 1. The van der Waals surface area contributed by atoms with Gasteiger partial charge in [-0.15, -0.1) is 0 Å². The van der Waals surface area contributed by atoms with Gasteiger partial charge in [0, 0.05) is 35.9 Å². The second kappa shape index (κ2) is 9.51. The van der Waals surface area contributed by atoms with E-state index in [0.717, 1.165) is 54.4 Å². The maximum absolute atomic E-state index is 12.8. The Morgan fingerprint density at radius 1 is 1.09 bits per heavy atom. The Labute approximate surface area is 194 Å². The Bertz CT molecular complexity index is 1160. The van der Waals surface area contributed by atoms with Gasteiger partial charge in [0.15, 0.2) is 0 Å². The number of anilines is 2. The van der Waals surface area contributed by atoms with E-state index in [2.05, 4.69) is 29.0 Å². The third kappa shape index (κ3) is 4.60. The van der Waals surface area contributed by atoms with E-state index in [-0.39, 0.29) is 11.6 Å². The molecule has 33 heavy (non-hydrogen) atoms. The van der Waals surface area contributed by atoms with E-state index in [4.69, 9.17) is 9.72 Å². The van der Waals surface area contributed by atoms with Crippen LogP contribution in [0.15, 0.2) is 47.4 Å². The number of fused-ring (bicyclic) bond motifs is 3. The van der Waals surface area contributed by atoms with Crippen molar-refractivity contribution >= 4 is 22.7 Å². The molecule has 0 radical (unpaired) electrons. The Kier molecular flexibility index (Phi) is 6.31. The van der Waals surface area contributed by atoms with E-state index in [0.29, 0.717) is 18.5 Å². The summed E-state index contributed by atoms with van der Waals surface area (Å²) < 4.78 is 7.80. The fourth-order valence-corrected chi connectivity index (χ4v) is 5.54. The lowest BCUT2D eigenvalue weighted by atomic mass is 9.95. The minimum absolute atomic E-state index is 0.0379. The molecule has 2 fully saturated rings. The molecule has 5 rings (SSSR count). The highest BCUT2D eigenvalue weighted by molar-refractivity contribution is 5.76. The highest BCUT2D eigenvalue weighted by Crippen LogP contribution is 2.50. The number of benzene rings is 1. The topological polar surface area (TPSA) is 72.3 Å². The van der Waals surface area contributed by atoms with Crippen molar-refractivity contribution in [1.82, 2.24) is 19.4 Å². The Balaban J connectivity index is 1.31. The Hall–Kier alpha value is -2.93. The van der Waals surface area contributed by atoms with Crippen molar-refractivity contribution in [2.45, 2.75) is 45.6 Å². The average Bonchev–Trinajstić information content (AvgIpc) is 3.47. The monoisotopic (exact) mass is 447 g/mol. The first kappa shape index (κ1) is 21.9. The van der Waals surface area contributed by atoms with Crippen molar-refractivity contribution in [2.75, 3.05) is 31.6 Å². The van der Waals surface area contributed by atoms with Gasteiger partial charge in [0.1, 0.15) is 18.0 Å². The molecule has 0 spiro atoms. The molecule has 1 N–H and O–H groups in total. The molecule has 2 saturated carbocycles. The molecular weight excluding hydrogens is 414 g/mol. The molecule has 2 aromatic heterocycles. The molecule has 2 bridgehead atoms. The number of likely N-dealkylation sites (N-methyl/N-ethyl adjacent to an activating group) is 1. The summed E-state index contributed by atoms with van der Waals surface area (Å²) in [6.45, 7) is 7.98. The molecule has 1 aromatic carbocycles. The van der Waals surface area contributed by atoms with E-state index in [1.165, 1.54) is 19.3 Å². The molecule has 0 amide bonds. The van der Waals surface area contributed by atoms with Crippen LogP contribution in [0, 0.1) is 11.8 Å². The lowest BCUT2D eigenvalue weighted by molar-refractivity contribution is 0.223. The van der Waals surface area contributed by atoms with E-state index in [9.17, 15) is 4.79 Å². The van der Waals surface area contributed by atoms with Crippen LogP contribution in [0.1, 0.15) is 45.6 Å². The summed E-state index contributed by atoms with van der Waals surface area (Å²) in [4.78, 5) is 24.4.